The summed E-state index contributed by atoms with van der Waals surface area (Å²) in [5, 5.41) is 0.555. The van der Waals surface area contributed by atoms with Crippen LogP contribution < -0.4 is 10.3 Å². The molecule has 0 amide bonds. The molecular formula is C19H14N2O2. The van der Waals surface area contributed by atoms with Gasteiger partial charge in [-0.05, 0) is 35.9 Å². The van der Waals surface area contributed by atoms with E-state index in [1.165, 1.54) is 0 Å². The molecule has 2 aromatic heterocycles. The molecule has 112 valence electrons. The van der Waals surface area contributed by atoms with Crippen molar-refractivity contribution in [2.45, 2.75) is 6.61 Å². The van der Waals surface area contributed by atoms with E-state index in [0.29, 0.717) is 28.9 Å². The largest absolute Gasteiger partial charge is 0.489 e. The number of hydrogen-bond acceptors (Lipinski definition) is 3. The van der Waals surface area contributed by atoms with Crippen molar-refractivity contribution in [3.63, 3.8) is 0 Å². The first-order valence-electron chi connectivity index (χ1n) is 7.39. The monoisotopic (exact) mass is 302 g/mol. The number of hydrogen-bond donors (Lipinski definition) is 0. The zero-order chi connectivity index (χ0) is 15.6. The second kappa shape index (κ2) is 5.57. The van der Waals surface area contributed by atoms with Crippen molar-refractivity contribution in [1.29, 1.82) is 0 Å². The molecule has 4 aromatic rings. The molecule has 0 unspecified atom stereocenters. The molecule has 0 bridgehead atoms. The molecule has 0 aliphatic rings. The van der Waals surface area contributed by atoms with E-state index in [-0.39, 0.29) is 5.56 Å². The van der Waals surface area contributed by atoms with E-state index in [0.717, 1.165) is 5.56 Å². The van der Waals surface area contributed by atoms with E-state index in [2.05, 4.69) is 4.98 Å². The minimum atomic E-state index is -0.0873. The van der Waals surface area contributed by atoms with Gasteiger partial charge in [-0.1, -0.05) is 36.4 Å². The van der Waals surface area contributed by atoms with Crippen LogP contribution in [0.2, 0.25) is 0 Å². The molecule has 0 atom stereocenters. The average molecular weight is 302 g/mol. The Morgan fingerprint density at radius 2 is 1.78 bits per heavy atom. The maximum atomic E-state index is 12.6. The number of benzene rings is 2. The Kier molecular flexibility index (Phi) is 3.27. The van der Waals surface area contributed by atoms with Crippen LogP contribution >= 0.6 is 0 Å². The molecule has 0 spiro atoms. The Morgan fingerprint density at radius 1 is 0.957 bits per heavy atom. The minimum Gasteiger partial charge on any atom is -0.489 e. The fraction of sp³-hybridized carbons (Fsp3) is 0.0526. The van der Waals surface area contributed by atoms with E-state index in [1.807, 2.05) is 60.7 Å². The lowest BCUT2D eigenvalue weighted by molar-refractivity contribution is 0.306. The lowest BCUT2D eigenvalue weighted by Gasteiger charge is -2.08. The fourth-order valence-corrected chi connectivity index (χ4v) is 2.56. The third kappa shape index (κ3) is 2.55. The van der Waals surface area contributed by atoms with Gasteiger partial charge in [-0.25, -0.2) is 4.98 Å². The molecule has 2 aromatic carbocycles. The molecule has 4 rings (SSSR count). The Morgan fingerprint density at radius 3 is 2.65 bits per heavy atom. The Balaban J connectivity index is 1.74. The highest BCUT2D eigenvalue weighted by Crippen LogP contribution is 2.18. The van der Waals surface area contributed by atoms with Crippen molar-refractivity contribution >= 4 is 16.6 Å². The minimum absolute atomic E-state index is 0.0873. The summed E-state index contributed by atoms with van der Waals surface area (Å²) in [6.45, 7) is 0.467. The molecular weight excluding hydrogens is 288 g/mol. The Labute approximate surface area is 132 Å². The number of ether oxygens (including phenoxy) is 1. The van der Waals surface area contributed by atoms with Gasteiger partial charge in [0.15, 0.2) is 0 Å². The van der Waals surface area contributed by atoms with E-state index >= 15 is 0 Å². The maximum absolute atomic E-state index is 12.6. The van der Waals surface area contributed by atoms with Gasteiger partial charge in [0.2, 0.25) is 0 Å². The van der Waals surface area contributed by atoms with Gasteiger partial charge in [0.1, 0.15) is 18.0 Å². The number of rotatable bonds is 3. The van der Waals surface area contributed by atoms with E-state index in [4.69, 9.17) is 4.74 Å². The summed E-state index contributed by atoms with van der Waals surface area (Å²) in [7, 11) is 0. The zero-order valence-corrected chi connectivity index (χ0v) is 12.3. The lowest BCUT2D eigenvalue weighted by atomic mass is 10.2. The first kappa shape index (κ1) is 13.5. The van der Waals surface area contributed by atoms with Gasteiger partial charge in [0, 0.05) is 6.20 Å². The third-order valence-electron chi connectivity index (χ3n) is 3.74. The SMILES string of the molecule is O=c1c2cc(OCc3ccccc3)ccc2nc2ccccn12. The van der Waals surface area contributed by atoms with Crippen molar-refractivity contribution < 1.29 is 4.74 Å². The van der Waals surface area contributed by atoms with Crippen molar-refractivity contribution in [3.8, 4) is 5.75 Å². The van der Waals surface area contributed by atoms with Gasteiger partial charge in [-0.3, -0.25) is 9.20 Å². The number of pyridine rings is 1. The summed E-state index contributed by atoms with van der Waals surface area (Å²) >= 11 is 0. The Bertz CT molecular complexity index is 1040. The highest BCUT2D eigenvalue weighted by atomic mass is 16.5. The fourth-order valence-electron chi connectivity index (χ4n) is 2.56. The van der Waals surface area contributed by atoms with E-state index in [9.17, 15) is 4.79 Å². The van der Waals surface area contributed by atoms with Gasteiger partial charge in [0.05, 0.1) is 10.9 Å². The number of aromatic nitrogens is 2. The molecule has 0 saturated heterocycles. The van der Waals surface area contributed by atoms with Crippen LogP contribution in [0.3, 0.4) is 0 Å². The van der Waals surface area contributed by atoms with Gasteiger partial charge >= 0.3 is 0 Å². The van der Waals surface area contributed by atoms with Crippen molar-refractivity contribution in [2.24, 2.45) is 0 Å². The molecule has 0 aliphatic heterocycles. The molecule has 0 fully saturated rings. The molecule has 0 N–H and O–H groups in total. The van der Waals surface area contributed by atoms with Gasteiger partial charge in [-0.2, -0.15) is 0 Å². The first-order valence-corrected chi connectivity index (χ1v) is 7.39. The van der Waals surface area contributed by atoms with Gasteiger partial charge in [-0.15, -0.1) is 0 Å². The first-order chi connectivity index (χ1) is 11.3. The molecule has 0 saturated carbocycles. The van der Waals surface area contributed by atoms with Crippen LogP contribution in [0.25, 0.3) is 16.6 Å². The number of nitrogens with zero attached hydrogens (tertiary/aromatic N) is 2. The normalized spacial score (nSPS) is 11.0. The van der Waals surface area contributed by atoms with E-state index < -0.39 is 0 Å². The van der Waals surface area contributed by atoms with Gasteiger partial charge < -0.3 is 4.74 Å². The average Bonchev–Trinajstić information content (AvgIpc) is 2.61. The predicted molar refractivity (Wildman–Crippen MR) is 89.7 cm³/mol. The van der Waals surface area contributed by atoms with Crippen LogP contribution in [0.15, 0.2) is 77.7 Å². The predicted octanol–water partition coefficient (Wildman–Crippen LogP) is 3.43. The van der Waals surface area contributed by atoms with Crippen LogP contribution in [0.1, 0.15) is 5.56 Å². The molecule has 2 heterocycles. The Hall–Kier alpha value is -3.14. The second-order valence-electron chi connectivity index (χ2n) is 5.30. The van der Waals surface area contributed by atoms with Crippen LogP contribution in [-0.4, -0.2) is 9.38 Å². The number of fused-ring (bicyclic) bond motifs is 2. The smallest absolute Gasteiger partial charge is 0.265 e. The summed E-state index contributed by atoms with van der Waals surface area (Å²) in [5.41, 5.74) is 2.31. The molecule has 0 aliphatic carbocycles. The van der Waals surface area contributed by atoms with Crippen molar-refractivity contribution in [2.75, 3.05) is 0 Å². The van der Waals surface area contributed by atoms with Crippen LogP contribution in [0.4, 0.5) is 0 Å². The molecule has 4 heteroatoms. The second-order valence-corrected chi connectivity index (χ2v) is 5.30. The maximum Gasteiger partial charge on any atom is 0.265 e. The summed E-state index contributed by atoms with van der Waals surface area (Å²) in [4.78, 5) is 17.1. The topological polar surface area (TPSA) is 43.6 Å². The molecule has 0 radical (unpaired) electrons. The third-order valence-corrected chi connectivity index (χ3v) is 3.74. The van der Waals surface area contributed by atoms with Crippen LogP contribution in [0, 0.1) is 0 Å². The van der Waals surface area contributed by atoms with Crippen molar-refractivity contribution in [1.82, 2.24) is 9.38 Å². The molecule has 23 heavy (non-hydrogen) atoms. The molecule has 4 nitrogen and oxygen atoms in total. The van der Waals surface area contributed by atoms with Crippen LogP contribution in [0.5, 0.6) is 5.75 Å². The summed E-state index contributed by atoms with van der Waals surface area (Å²) < 4.78 is 7.34. The standard InChI is InChI=1S/C19H14N2O2/c22-19-16-12-15(23-13-14-6-2-1-3-7-14)9-10-17(16)20-18-8-4-5-11-21(18)19/h1-12H,13H2. The summed E-state index contributed by atoms with van der Waals surface area (Å²) in [5.74, 6) is 0.663. The van der Waals surface area contributed by atoms with Crippen molar-refractivity contribution in [3.05, 3.63) is 88.8 Å². The summed E-state index contributed by atoms with van der Waals surface area (Å²) in [6.07, 6.45) is 1.72. The van der Waals surface area contributed by atoms with Crippen LogP contribution in [-0.2, 0) is 6.61 Å². The summed E-state index contributed by atoms with van der Waals surface area (Å²) in [6, 6.07) is 20.9. The zero-order valence-electron chi connectivity index (χ0n) is 12.3. The highest BCUT2D eigenvalue weighted by Gasteiger charge is 2.06. The van der Waals surface area contributed by atoms with E-state index in [1.54, 1.807) is 16.7 Å². The quantitative estimate of drug-likeness (QED) is 0.545. The highest BCUT2D eigenvalue weighted by molar-refractivity contribution is 5.81. The lowest BCUT2D eigenvalue weighted by Crippen LogP contribution is -2.14. The van der Waals surface area contributed by atoms with Gasteiger partial charge in [0.25, 0.3) is 5.56 Å².